The Morgan fingerprint density at radius 1 is 1.25 bits per heavy atom. The molecule has 0 saturated heterocycles. The lowest BCUT2D eigenvalue weighted by Crippen LogP contribution is -2.15. The molecule has 0 spiro atoms. The summed E-state index contributed by atoms with van der Waals surface area (Å²) in [4.78, 5) is 12.2. The lowest BCUT2D eigenvalue weighted by atomic mass is 9.93. The minimum atomic E-state index is -1.29. The monoisotopic (exact) mass is 296 g/mol. The Kier molecular flexibility index (Phi) is 3.74. The van der Waals surface area contributed by atoms with Crippen LogP contribution in [0.15, 0.2) is 36.1 Å². The van der Waals surface area contributed by atoms with Crippen LogP contribution in [0.4, 0.5) is 0 Å². The molecule has 1 aromatic rings. The van der Waals surface area contributed by atoms with Crippen LogP contribution in [-0.4, -0.2) is 31.6 Å². The van der Waals surface area contributed by atoms with Crippen molar-refractivity contribution >= 4 is 17.4 Å². The first kappa shape index (κ1) is 14.4. The second-order valence-corrected chi connectivity index (χ2v) is 5.08. The molecular weight excluding hydrogens is 284 g/mol. The Morgan fingerprint density at radius 3 is 2.55 bits per heavy atom. The van der Waals surface area contributed by atoms with Crippen LogP contribution in [0.2, 0.25) is 0 Å². The summed E-state index contributed by atoms with van der Waals surface area (Å²) in [7, 11) is 0. The molecule has 106 valence electrons. The van der Waals surface area contributed by atoms with Crippen LogP contribution >= 0.6 is 11.6 Å². The predicted molar refractivity (Wildman–Crippen MR) is 73.2 cm³/mol. The number of benzene rings is 1. The van der Waals surface area contributed by atoms with Crippen LogP contribution in [0.5, 0.6) is 11.5 Å². The number of phenols is 2. The summed E-state index contributed by atoms with van der Waals surface area (Å²) in [6.45, 7) is 3.47. The number of rotatable bonds is 0. The van der Waals surface area contributed by atoms with Crippen molar-refractivity contribution in [1.82, 2.24) is 0 Å². The maximum absolute atomic E-state index is 12.2. The number of allylic oxidation sites excluding steroid dienone is 2. The van der Waals surface area contributed by atoms with Crippen molar-refractivity contribution in [3.63, 3.8) is 0 Å². The molecule has 5 nitrogen and oxygen atoms in total. The molecule has 6 heteroatoms. The van der Waals surface area contributed by atoms with Gasteiger partial charge in [0.15, 0.2) is 5.78 Å². The van der Waals surface area contributed by atoms with Gasteiger partial charge in [-0.05, 0) is 18.6 Å². The third-order valence-corrected chi connectivity index (χ3v) is 3.56. The first-order chi connectivity index (χ1) is 9.32. The number of ketones is 1. The molecule has 1 aromatic carbocycles. The second kappa shape index (κ2) is 5.19. The van der Waals surface area contributed by atoms with E-state index in [1.807, 2.05) is 0 Å². The number of fused-ring (bicyclic) bond motifs is 1. The van der Waals surface area contributed by atoms with Crippen LogP contribution in [0.25, 0.3) is 0 Å². The summed E-state index contributed by atoms with van der Waals surface area (Å²) in [5.41, 5.74) is -0.449. The first-order valence-electron chi connectivity index (χ1n) is 5.84. The van der Waals surface area contributed by atoms with Crippen molar-refractivity contribution in [1.29, 1.82) is 0 Å². The number of phenolic OH excluding ortho intramolecular Hbond substituents is 2. The Hall–Kier alpha value is -1.98. The number of carbonyl (C=O) groups is 1. The number of aliphatic hydroxyl groups excluding tert-OH is 2. The molecule has 0 saturated carbocycles. The lowest BCUT2D eigenvalue weighted by molar-refractivity contribution is 0.102. The van der Waals surface area contributed by atoms with E-state index >= 15 is 0 Å². The Labute approximate surface area is 120 Å². The number of hydrogen-bond donors (Lipinski definition) is 4. The number of aromatic hydroxyl groups is 2. The summed E-state index contributed by atoms with van der Waals surface area (Å²) in [5, 5.41) is 38.4. The molecule has 0 aromatic heterocycles. The highest BCUT2D eigenvalue weighted by Crippen LogP contribution is 2.37. The largest absolute Gasteiger partial charge is 0.508 e. The molecule has 20 heavy (non-hydrogen) atoms. The SMILES string of the molecule is C=C1C(=O)c2c(O)cc(O)cc2[C@@H](O)C(Cl)CC=C1O. The summed E-state index contributed by atoms with van der Waals surface area (Å²) < 4.78 is 0. The quantitative estimate of drug-likeness (QED) is 0.435. The standard InChI is InChI=1S/C14H13ClO5/c1-6-10(17)3-2-9(15)14(20)8-4-7(16)5-11(18)12(8)13(6)19/h3-5,9,14,16-18,20H,1-2H2/t9?,14-/m1/s1. The van der Waals surface area contributed by atoms with Crippen molar-refractivity contribution in [2.45, 2.75) is 17.9 Å². The summed E-state index contributed by atoms with van der Waals surface area (Å²) in [5.74, 6) is -1.91. The average molecular weight is 297 g/mol. The predicted octanol–water partition coefficient (Wildman–Crippen LogP) is 2.32. The third-order valence-electron chi connectivity index (χ3n) is 3.14. The van der Waals surface area contributed by atoms with Gasteiger partial charge in [-0.15, -0.1) is 11.6 Å². The number of halogens is 1. The number of carbonyl (C=O) groups excluding carboxylic acids is 1. The molecular formula is C14H13ClO5. The van der Waals surface area contributed by atoms with Crippen molar-refractivity contribution in [2.24, 2.45) is 0 Å². The Balaban J connectivity index is 2.72. The maximum Gasteiger partial charge on any atom is 0.200 e. The van der Waals surface area contributed by atoms with E-state index in [1.54, 1.807) is 0 Å². The maximum atomic E-state index is 12.2. The normalized spacial score (nSPS) is 23.4. The van der Waals surface area contributed by atoms with Crippen LogP contribution < -0.4 is 0 Å². The van der Waals surface area contributed by atoms with Crippen LogP contribution in [0.1, 0.15) is 28.4 Å². The van der Waals surface area contributed by atoms with Gasteiger partial charge in [-0.2, -0.15) is 0 Å². The molecule has 0 amide bonds. The molecule has 4 N–H and O–H groups in total. The summed E-state index contributed by atoms with van der Waals surface area (Å²) in [6.07, 6.45) is 0.0872. The zero-order valence-electron chi connectivity index (χ0n) is 10.4. The fourth-order valence-corrected chi connectivity index (χ4v) is 2.28. The van der Waals surface area contributed by atoms with Gasteiger partial charge in [-0.25, -0.2) is 0 Å². The fraction of sp³-hybridized carbons (Fsp3) is 0.214. The molecule has 0 aliphatic heterocycles. The van der Waals surface area contributed by atoms with Gasteiger partial charge in [0.25, 0.3) is 0 Å². The molecule has 1 aliphatic rings. The molecule has 0 bridgehead atoms. The van der Waals surface area contributed by atoms with E-state index < -0.39 is 23.0 Å². The fourth-order valence-electron chi connectivity index (χ4n) is 2.05. The van der Waals surface area contributed by atoms with Gasteiger partial charge in [0, 0.05) is 11.6 Å². The third kappa shape index (κ3) is 2.37. The summed E-state index contributed by atoms with van der Waals surface area (Å²) >= 11 is 6.00. The van der Waals surface area contributed by atoms with Crippen molar-refractivity contribution in [2.75, 3.05) is 0 Å². The highest BCUT2D eigenvalue weighted by atomic mass is 35.5. The average Bonchev–Trinajstić information content (AvgIpc) is 2.42. The Morgan fingerprint density at radius 2 is 1.90 bits per heavy atom. The molecule has 2 atom stereocenters. The van der Waals surface area contributed by atoms with E-state index in [9.17, 15) is 25.2 Å². The minimum Gasteiger partial charge on any atom is -0.508 e. The van der Waals surface area contributed by atoms with Crippen LogP contribution in [0.3, 0.4) is 0 Å². The highest BCUT2D eigenvalue weighted by Gasteiger charge is 2.30. The number of Topliss-reactive ketones (excluding diaryl/α,β-unsaturated/α-hetero) is 1. The van der Waals surface area contributed by atoms with E-state index in [-0.39, 0.29) is 34.6 Å². The van der Waals surface area contributed by atoms with Crippen molar-refractivity contribution < 1.29 is 25.2 Å². The minimum absolute atomic E-state index is 0.00301. The van der Waals surface area contributed by atoms with Crippen LogP contribution in [0, 0.1) is 0 Å². The molecule has 2 rings (SSSR count). The van der Waals surface area contributed by atoms with Gasteiger partial charge in [0.05, 0.1) is 22.6 Å². The number of hydrogen-bond acceptors (Lipinski definition) is 5. The summed E-state index contributed by atoms with van der Waals surface area (Å²) in [6, 6.07) is 2.13. The Bertz CT molecular complexity index is 620. The molecule has 0 heterocycles. The van der Waals surface area contributed by atoms with Gasteiger partial charge >= 0.3 is 0 Å². The molecule has 1 aliphatic carbocycles. The molecule has 1 unspecified atom stereocenters. The van der Waals surface area contributed by atoms with Gasteiger partial charge in [0.2, 0.25) is 0 Å². The van der Waals surface area contributed by atoms with E-state index in [0.29, 0.717) is 0 Å². The van der Waals surface area contributed by atoms with Crippen molar-refractivity contribution in [3.8, 4) is 11.5 Å². The van der Waals surface area contributed by atoms with Gasteiger partial charge < -0.3 is 20.4 Å². The van der Waals surface area contributed by atoms with E-state index in [0.717, 1.165) is 12.1 Å². The topological polar surface area (TPSA) is 98.0 Å². The van der Waals surface area contributed by atoms with Crippen LogP contribution in [-0.2, 0) is 0 Å². The zero-order valence-corrected chi connectivity index (χ0v) is 11.1. The molecule has 0 radical (unpaired) electrons. The van der Waals surface area contributed by atoms with Gasteiger partial charge in [0.1, 0.15) is 17.3 Å². The van der Waals surface area contributed by atoms with Gasteiger partial charge in [-0.1, -0.05) is 6.58 Å². The molecule has 0 fully saturated rings. The van der Waals surface area contributed by atoms with Gasteiger partial charge in [-0.3, -0.25) is 4.79 Å². The second-order valence-electron chi connectivity index (χ2n) is 4.52. The number of alkyl halides is 1. The smallest absolute Gasteiger partial charge is 0.200 e. The number of aliphatic hydroxyl groups is 2. The van der Waals surface area contributed by atoms with E-state index in [2.05, 4.69) is 6.58 Å². The van der Waals surface area contributed by atoms with Crippen molar-refractivity contribution in [3.05, 3.63) is 47.2 Å². The lowest BCUT2D eigenvalue weighted by Gasteiger charge is -2.19. The highest BCUT2D eigenvalue weighted by molar-refractivity contribution is 6.21. The first-order valence-corrected chi connectivity index (χ1v) is 6.27. The zero-order chi connectivity index (χ0) is 15.0. The van der Waals surface area contributed by atoms with E-state index in [4.69, 9.17) is 11.6 Å². The van der Waals surface area contributed by atoms with E-state index in [1.165, 1.54) is 6.08 Å².